The zero-order valence-corrected chi connectivity index (χ0v) is 11.6. The summed E-state index contributed by atoms with van der Waals surface area (Å²) in [5.41, 5.74) is -0.601. The van der Waals surface area contributed by atoms with Crippen LogP contribution < -0.4 is 0 Å². The van der Waals surface area contributed by atoms with E-state index in [2.05, 4.69) is 0 Å². The van der Waals surface area contributed by atoms with Gasteiger partial charge in [-0.1, -0.05) is 6.92 Å². The number of likely N-dealkylation sites (tertiary alicyclic amines) is 1. The largest absolute Gasteiger partial charge is 0.480 e. The van der Waals surface area contributed by atoms with Crippen molar-refractivity contribution >= 4 is 12.1 Å². The van der Waals surface area contributed by atoms with Crippen molar-refractivity contribution in [1.29, 1.82) is 0 Å². The second-order valence-electron chi connectivity index (χ2n) is 5.73. The standard InChI is InChI=1S/C13H23NO4/c1-5-9-7-6-8-10(11(15)16)14(9)12(17)18-13(2,3)4/h9-10H,5-8H2,1-4H3,(H,15,16)/t9-,10-/m1/s1. The summed E-state index contributed by atoms with van der Waals surface area (Å²) in [7, 11) is 0. The molecule has 5 heteroatoms. The van der Waals surface area contributed by atoms with Crippen molar-refractivity contribution in [2.75, 3.05) is 0 Å². The van der Waals surface area contributed by atoms with Crippen molar-refractivity contribution in [3.63, 3.8) is 0 Å². The van der Waals surface area contributed by atoms with Crippen molar-refractivity contribution in [2.45, 2.75) is 71.1 Å². The van der Waals surface area contributed by atoms with Gasteiger partial charge in [0.15, 0.2) is 0 Å². The third-order valence-corrected chi connectivity index (χ3v) is 3.10. The maximum Gasteiger partial charge on any atom is 0.411 e. The number of carboxylic acid groups (broad SMARTS) is 1. The summed E-state index contributed by atoms with van der Waals surface area (Å²) in [6.07, 6.45) is 2.43. The lowest BCUT2D eigenvalue weighted by molar-refractivity contribution is -0.145. The molecule has 1 rings (SSSR count). The number of ether oxygens (including phenoxy) is 1. The zero-order valence-electron chi connectivity index (χ0n) is 11.6. The topological polar surface area (TPSA) is 66.8 Å². The first-order valence-corrected chi connectivity index (χ1v) is 6.50. The molecule has 0 spiro atoms. The molecule has 0 bridgehead atoms. The molecule has 0 aromatic carbocycles. The molecule has 1 amide bonds. The third-order valence-electron chi connectivity index (χ3n) is 3.10. The normalized spacial score (nSPS) is 24.8. The predicted octanol–water partition coefficient (Wildman–Crippen LogP) is 2.64. The van der Waals surface area contributed by atoms with Gasteiger partial charge in [0.25, 0.3) is 0 Å². The minimum Gasteiger partial charge on any atom is -0.480 e. The van der Waals surface area contributed by atoms with Gasteiger partial charge in [0.1, 0.15) is 11.6 Å². The Morgan fingerprint density at radius 2 is 1.94 bits per heavy atom. The smallest absolute Gasteiger partial charge is 0.411 e. The van der Waals surface area contributed by atoms with Crippen LogP contribution in [-0.4, -0.2) is 39.8 Å². The number of rotatable bonds is 2. The number of hydrogen-bond donors (Lipinski definition) is 1. The number of carbonyl (C=O) groups excluding carboxylic acids is 1. The second kappa shape index (κ2) is 5.59. The predicted molar refractivity (Wildman–Crippen MR) is 67.4 cm³/mol. The van der Waals surface area contributed by atoms with Crippen LogP contribution in [0.25, 0.3) is 0 Å². The van der Waals surface area contributed by atoms with Crippen molar-refractivity contribution in [3.8, 4) is 0 Å². The fourth-order valence-electron chi connectivity index (χ4n) is 2.31. The molecule has 1 N–H and O–H groups in total. The average molecular weight is 257 g/mol. The number of carboxylic acids is 1. The quantitative estimate of drug-likeness (QED) is 0.825. The molecule has 1 heterocycles. The Bertz CT molecular complexity index is 321. The van der Waals surface area contributed by atoms with Crippen LogP contribution in [0.1, 0.15) is 53.4 Å². The molecule has 0 aliphatic carbocycles. The van der Waals surface area contributed by atoms with E-state index in [4.69, 9.17) is 4.74 Å². The highest BCUT2D eigenvalue weighted by atomic mass is 16.6. The molecule has 0 saturated carbocycles. The Hall–Kier alpha value is -1.26. The average Bonchev–Trinajstić information content (AvgIpc) is 2.25. The van der Waals surface area contributed by atoms with Crippen LogP contribution in [0, 0.1) is 0 Å². The SMILES string of the molecule is CC[C@@H]1CCC[C@H](C(=O)O)N1C(=O)OC(C)(C)C. The Labute approximate surface area is 108 Å². The molecule has 1 fully saturated rings. The minimum absolute atomic E-state index is 0.0327. The van der Waals surface area contributed by atoms with E-state index in [0.717, 1.165) is 19.3 Å². The molecule has 18 heavy (non-hydrogen) atoms. The first kappa shape index (κ1) is 14.8. The minimum atomic E-state index is -0.945. The lowest BCUT2D eigenvalue weighted by atomic mass is 9.94. The molecular weight excluding hydrogens is 234 g/mol. The van der Waals surface area contributed by atoms with Gasteiger partial charge in [-0.3, -0.25) is 4.90 Å². The molecule has 1 saturated heterocycles. The second-order valence-corrected chi connectivity index (χ2v) is 5.73. The van der Waals surface area contributed by atoms with E-state index >= 15 is 0 Å². The molecule has 0 unspecified atom stereocenters. The summed E-state index contributed by atoms with van der Waals surface area (Å²) in [5.74, 6) is -0.945. The van der Waals surface area contributed by atoms with Gasteiger partial charge in [0.05, 0.1) is 0 Å². The van der Waals surface area contributed by atoms with Gasteiger partial charge in [0, 0.05) is 6.04 Å². The molecule has 0 aromatic rings. The number of amides is 1. The first-order valence-electron chi connectivity index (χ1n) is 6.50. The van der Waals surface area contributed by atoms with E-state index in [0.29, 0.717) is 6.42 Å². The summed E-state index contributed by atoms with van der Waals surface area (Å²) >= 11 is 0. The summed E-state index contributed by atoms with van der Waals surface area (Å²) < 4.78 is 5.31. The highest BCUT2D eigenvalue weighted by molar-refractivity contribution is 5.80. The van der Waals surface area contributed by atoms with E-state index in [1.54, 1.807) is 20.8 Å². The maximum absolute atomic E-state index is 12.1. The van der Waals surface area contributed by atoms with Gasteiger partial charge in [-0.2, -0.15) is 0 Å². The fraction of sp³-hybridized carbons (Fsp3) is 0.846. The molecule has 0 aromatic heterocycles. The van der Waals surface area contributed by atoms with Gasteiger partial charge in [-0.05, 0) is 46.5 Å². The number of carbonyl (C=O) groups is 2. The maximum atomic E-state index is 12.1. The zero-order chi connectivity index (χ0) is 13.9. The summed E-state index contributed by atoms with van der Waals surface area (Å²) in [6, 6.07) is -0.784. The van der Waals surface area contributed by atoms with Crippen molar-refractivity contribution in [1.82, 2.24) is 4.90 Å². The molecule has 2 atom stereocenters. The van der Waals surface area contributed by atoms with Crippen LogP contribution in [0.4, 0.5) is 4.79 Å². The van der Waals surface area contributed by atoms with Crippen molar-refractivity contribution in [3.05, 3.63) is 0 Å². The summed E-state index contributed by atoms with van der Waals surface area (Å²) in [6.45, 7) is 7.31. The van der Waals surface area contributed by atoms with Gasteiger partial charge in [-0.15, -0.1) is 0 Å². The number of hydrogen-bond acceptors (Lipinski definition) is 3. The molecule has 104 valence electrons. The molecule has 5 nitrogen and oxygen atoms in total. The number of nitrogens with zero attached hydrogens (tertiary/aromatic N) is 1. The Balaban J connectivity index is 2.88. The van der Waals surface area contributed by atoms with E-state index < -0.39 is 23.7 Å². The van der Waals surface area contributed by atoms with Gasteiger partial charge < -0.3 is 9.84 Å². The summed E-state index contributed by atoms with van der Waals surface area (Å²) in [5, 5.41) is 9.22. The van der Waals surface area contributed by atoms with Gasteiger partial charge in [-0.25, -0.2) is 9.59 Å². The van der Waals surface area contributed by atoms with E-state index in [9.17, 15) is 14.7 Å². The van der Waals surface area contributed by atoms with Crippen LogP contribution in [0.3, 0.4) is 0 Å². The van der Waals surface area contributed by atoms with Crippen LogP contribution in [0.2, 0.25) is 0 Å². The number of piperidine rings is 1. The highest BCUT2D eigenvalue weighted by Gasteiger charge is 2.39. The molecule has 0 radical (unpaired) electrons. The fourth-order valence-corrected chi connectivity index (χ4v) is 2.31. The van der Waals surface area contributed by atoms with Crippen molar-refractivity contribution < 1.29 is 19.4 Å². The summed E-state index contributed by atoms with van der Waals surface area (Å²) in [4.78, 5) is 24.8. The van der Waals surface area contributed by atoms with Crippen LogP contribution in [0.15, 0.2) is 0 Å². The van der Waals surface area contributed by atoms with E-state index in [1.165, 1.54) is 4.90 Å². The lowest BCUT2D eigenvalue weighted by Gasteiger charge is -2.40. The highest BCUT2D eigenvalue weighted by Crippen LogP contribution is 2.27. The van der Waals surface area contributed by atoms with Crippen LogP contribution >= 0.6 is 0 Å². The Morgan fingerprint density at radius 1 is 1.33 bits per heavy atom. The Kier molecular flexibility index (Phi) is 4.59. The molecule has 1 aliphatic rings. The van der Waals surface area contributed by atoms with E-state index in [-0.39, 0.29) is 6.04 Å². The third kappa shape index (κ3) is 3.62. The van der Waals surface area contributed by atoms with Crippen LogP contribution in [0.5, 0.6) is 0 Å². The van der Waals surface area contributed by atoms with Crippen molar-refractivity contribution in [2.24, 2.45) is 0 Å². The Morgan fingerprint density at radius 3 is 2.39 bits per heavy atom. The molecule has 1 aliphatic heterocycles. The number of aliphatic carboxylic acids is 1. The van der Waals surface area contributed by atoms with Gasteiger partial charge >= 0.3 is 12.1 Å². The van der Waals surface area contributed by atoms with E-state index in [1.807, 2.05) is 6.92 Å². The lowest BCUT2D eigenvalue weighted by Crippen LogP contribution is -2.54. The monoisotopic (exact) mass is 257 g/mol. The molecular formula is C13H23NO4. The van der Waals surface area contributed by atoms with Gasteiger partial charge in [0.2, 0.25) is 0 Å². The van der Waals surface area contributed by atoms with Crippen LogP contribution in [-0.2, 0) is 9.53 Å². The first-order chi connectivity index (χ1) is 8.26.